The van der Waals surface area contributed by atoms with E-state index in [1.807, 2.05) is 18.2 Å². The number of nitrogens with two attached hydrogens (primary N) is 1. The van der Waals surface area contributed by atoms with Crippen LogP contribution in [0.3, 0.4) is 0 Å². The molecular weight excluding hydrogens is 254 g/mol. The minimum absolute atomic E-state index is 0.721. The van der Waals surface area contributed by atoms with Gasteiger partial charge in [0.25, 0.3) is 0 Å². The number of rotatable bonds is 1. The summed E-state index contributed by atoms with van der Waals surface area (Å²) in [5.41, 5.74) is 15.8. The zero-order valence-corrected chi connectivity index (χ0v) is 12.9. The second kappa shape index (κ2) is 4.90. The van der Waals surface area contributed by atoms with Gasteiger partial charge in [-0.2, -0.15) is 0 Å². The molecule has 0 saturated heterocycles. The van der Waals surface area contributed by atoms with Crippen LogP contribution in [0.25, 0.3) is 11.1 Å². The lowest BCUT2D eigenvalue weighted by Gasteiger charge is -2.20. The molecule has 0 aliphatic heterocycles. The molecule has 0 aromatic heterocycles. The Morgan fingerprint density at radius 2 is 1.26 bits per heavy atom. The van der Waals surface area contributed by atoms with Crippen LogP contribution in [-0.2, 0) is 0 Å². The minimum atomic E-state index is 0.721. The number of halogens is 1. The Morgan fingerprint density at radius 1 is 0.789 bits per heavy atom. The van der Waals surface area contributed by atoms with Crippen molar-refractivity contribution in [2.75, 3.05) is 5.73 Å². The van der Waals surface area contributed by atoms with Gasteiger partial charge >= 0.3 is 0 Å². The van der Waals surface area contributed by atoms with Crippen LogP contribution in [0.15, 0.2) is 18.2 Å². The standard InChI is InChI=1S/C17H20ClN/c1-9-10(2)12(4)17(13(5)11(9)3)15-8-14(18)6-7-16(15)19/h6-8H,19H2,1-5H3. The Hall–Kier alpha value is -1.47. The van der Waals surface area contributed by atoms with E-state index in [1.165, 1.54) is 33.4 Å². The largest absolute Gasteiger partial charge is 0.398 e. The maximum Gasteiger partial charge on any atom is 0.0413 e. The van der Waals surface area contributed by atoms with Crippen LogP contribution < -0.4 is 5.73 Å². The van der Waals surface area contributed by atoms with Crippen molar-refractivity contribution in [3.8, 4) is 11.1 Å². The summed E-state index contributed by atoms with van der Waals surface area (Å²) in [5, 5.41) is 0.721. The van der Waals surface area contributed by atoms with Gasteiger partial charge < -0.3 is 5.73 Å². The Balaban J connectivity index is 2.87. The molecular formula is C17H20ClN. The first-order valence-corrected chi connectivity index (χ1v) is 6.84. The van der Waals surface area contributed by atoms with E-state index in [-0.39, 0.29) is 0 Å². The van der Waals surface area contributed by atoms with E-state index in [2.05, 4.69) is 34.6 Å². The Morgan fingerprint density at radius 3 is 1.79 bits per heavy atom. The molecule has 2 rings (SSSR count). The SMILES string of the molecule is Cc1c(C)c(C)c(-c2cc(Cl)ccc2N)c(C)c1C. The van der Waals surface area contributed by atoms with E-state index in [0.29, 0.717) is 0 Å². The quantitative estimate of drug-likeness (QED) is 0.716. The molecule has 0 fully saturated rings. The third-order valence-electron chi connectivity index (χ3n) is 4.28. The van der Waals surface area contributed by atoms with Crippen LogP contribution in [0, 0.1) is 34.6 Å². The first-order chi connectivity index (χ1) is 8.84. The van der Waals surface area contributed by atoms with Crippen molar-refractivity contribution < 1.29 is 0 Å². The number of benzene rings is 2. The molecule has 0 aliphatic carbocycles. The maximum absolute atomic E-state index is 6.14. The molecule has 0 unspecified atom stereocenters. The number of hydrogen-bond donors (Lipinski definition) is 1. The van der Waals surface area contributed by atoms with Crippen LogP contribution in [-0.4, -0.2) is 0 Å². The Bertz CT molecular complexity index is 628. The molecule has 100 valence electrons. The van der Waals surface area contributed by atoms with Crippen LogP contribution in [0.2, 0.25) is 5.02 Å². The summed E-state index contributed by atoms with van der Waals surface area (Å²) in [6.45, 7) is 10.8. The highest BCUT2D eigenvalue weighted by atomic mass is 35.5. The topological polar surface area (TPSA) is 26.0 Å². The Kier molecular flexibility index (Phi) is 3.60. The monoisotopic (exact) mass is 273 g/mol. The van der Waals surface area contributed by atoms with Crippen LogP contribution in [0.4, 0.5) is 5.69 Å². The molecule has 0 amide bonds. The van der Waals surface area contributed by atoms with Crippen LogP contribution in [0.1, 0.15) is 27.8 Å². The molecule has 0 saturated carbocycles. The van der Waals surface area contributed by atoms with E-state index in [4.69, 9.17) is 17.3 Å². The minimum Gasteiger partial charge on any atom is -0.398 e. The lowest BCUT2D eigenvalue weighted by molar-refractivity contribution is 1.18. The predicted molar refractivity (Wildman–Crippen MR) is 85.0 cm³/mol. The molecule has 2 heteroatoms. The summed E-state index contributed by atoms with van der Waals surface area (Å²) in [6, 6.07) is 5.67. The smallest absolute Gasteiger partial charge is 0.0413 e. The van der Waals surface area contributed by atoms with E-state index in [0.717, 1.165) is 16.3 Å². The van der Waals surface area contributed by atoms with Gasteiger partial charge in [-0.05, 0) is 86.2 Å². The lowest BCUT2D eigenvalue weighted by Crippen LogP contribution is -2.01. The highest BCUT2D eigenvalue weighted by Gasteiger charge is 2.15. The predicted octanol–water partition coefficient (Wildman–Crippen LogP) is 5.13. The van der Waals surface area contributed by atoms with Gasteiger partial charge in [0.15, 0.2) is 0 Å². The molecule has 19 heavy (non-hydrogen) atoms. The van der Waals surface area contributed by atoms with Crippen molar-refractivity contribution in [3.05, 3.63) is 51.0 Å². The molecule has 2 N–H and O–H groups in total. The molecule has 1 nitrogen and oxygen atoms in total. The molecule has 0 radical (unpaired) electrons. The summed E-state index contributed by atoms with van der Waals surface area (Å²) in [7, 11) is 0. The summed E-state index contributed by atoms with van der Waals surface area (Å²) < 4.78 is 0. The summed E-state index contributed by atoms with van der Waals surface area (Å²) in [6.07, 6.45) is 0. The molecule has 0 heterocycles. The van der Waals surface area contributed by atoms with Crippen molar-refractivity contribution in [2.24, 2.45) is 0 Å². The number of nitrogen functional groups attached to an aromatic ring is 1. The molecule has 0 aliphatic rings. The first-order valence-electron chi connectivity index (χ1n) is 6.47. The molecule has 2 aromatic rings. The average Bonchev–Trinajstić information content (AvgIpc) is 2.38. The summed E-state index contributed by atoms with van der Waals surface area (Å²) in [5.74, 6) is 0. The second-order valence-electron chi connectivity index (χ2n) is 5.23. The first kappa shape index (κ1) is 14.0. The van der Waals surface area contributed by atoms with Crippen molar-refractivity contribution in [1.29, 1.82) is 0 Å². The van der Waals surface area contributed by atoms with Gasteiger partial charge in [0.2, 0.25) is 0 Å². The van der Waals surface area contributed by atoms with Crippen molar-refractivity contribution >= 4 is 17.3 Å². The fourth-order valence-corrected chi connectivity index (χ4v) is 2.82. The van der Waals surface area contributed by atoms with E-state index < -0.39 is 0 Å². The third-order valence-corrected chi connectivity index (χ3v) is 4.52. The molecule has 0 atom stereocenters. The van der Waals surface area contributed by atoms with Gasteiger partial charge in [-0.25, -0.2) is 0 Å². The third kappa shape index (κ3) is 2.23. The number of hydrogen-bond acceptors (Lipinski definition) is 1. The van der Waals surface area contributed by atoms with Gasteiger partial charge in [0.1, 0.15) is 0 Å². The highest BCUT2D eigenvalue weighted by molar-refractivity contribution is 6.31. The van der Waals surface area contributed by atoms with E-state index in [1.54, 1.807) is 0 Å². The van der Waals surface area contributed by atoms with E-state index in [9.17, 15) is 0 Å². The van der Waals surface area contributed by atoms with Crippen LogP contribution >= 0.6 is 11.6 Å². The normalized spacial score (nSPS) is 10.8. The second-order valence-corrected chi connectivity index (χ2v) is 5.67. The molecule has 0 spiro atoms. The maximum atomic E-state index is 6.14. The zero-order chi connectivity index (χ0) is 14.3. The van der Waals surface area contributed by atoms with Crippen molar-refractivity contribution in [3.63, 3.8) is 0 Å². The average molecular weight is 274 g/mol. The molecule has 0 bridgehead atoms. The molecule has 2 aromatic carbocycles. The van der Waals surface area contributed by atoms with Gasteiger partial charge in [0, 0.05) is 16.3 Å². The summed E-state index contributed by atoms with van der Waals surface area (Å²) >= 11 is 6.13. The number of anilines is 1. The van der Waals surface area contributed by atoms with Gasteiger partial charge in [-0.3, -0.25) is 0 Å². The Labute approximate surface area is 120 Å². The van der Waals surface area contributed by atoms with Gasteiger partial charge in [-0.15, -0.1) is 0 Å². The van der Waals surface area contributed by atoms with E-state index >= 15 is 0 Å². The van der Waals surface area contributed by atoms with Crippen LogP contribution in [0.5, 0.6) is 0 Å². The zero-order valence-electron chi connectivity index (χ0n) is 12.2. The lowest BCUT2D eigenvalue weighted by atomic mass is 9.86. The fourth-order valence-electron chi connectivity index (χ4n) is 2.65. The summed E-state index contributed by atoms with van der Waals surface area (Å²) in [4.78, 5) is 0. The van der Waals surface area contributed by atoms with Gasteiger partial charge in [0.05, 0.1) is 0 Å². The van der Waals surface area contributed by atoms with Crippen molar-refractivity contribution in [2.45, 2.75) is 34.6 Å². The fraction of sp³-hybridized carbons (Fsp3) is 0.294. The highest BCUT2D eigenvalue weighted by Crippen LogP contribution is 2.37. The van der Waals surface area contributed by atoms with Gasteiger partial charge in [-0.1, -0.05) is 11.6 Å². The van der Waals surface area contributed by atoms with Crippen molar-refractivity contribution in [1.82, 2.24) is 0 Å².